The van der Waals surface area contributed by atoms with Gasteiger partial charge >= 0.3 is 5.97 Å². The lowest BCUT2D eigenvalue weighted by Crippen LogP contribution is -2.47. The van der Waals surface area contributed by atoms with Gasteiger partial charge in [0.15, 0.2) is 5.82 Å². The van der Waals surface area contributed by atoms with Crippen molar-refractivity contribution in [1.29, 1.82) is 5.41 Å². The molecule has 0 atom stereocenters. The van der Waals surface area contributed by atoms with Crippen molar-refractivity contribution in [3.05, 3.63) is 42.0 Å². The lowest BCUT2D eigenvalue weighted by atomic mass is 10.1. The summed E-state index contributed by atoms with van der Waals surface area (Å²) in [5.41, 5.74) is 6.93. The van der Waals surface area contributed by atoms with E-state index in [0.717, 1.165) is 37.6 Å². The van der Waals surface area contributed by atoms with E-state index in [0.29, 0.717) is 43.5 Å². The molecule has 0 aliphatic carbocycles. The minimum atomic E-state index is -0.649. The van der Waals surface area contributed by atoms with Crippen molar-refractivity contribution in [1.82, 2.24) is 9.97 Å². The molecule has 188 valence electrons. The minimum absolute atomic E-state index is 0.196. The summed E-state index contributed by atoms with van der Waals surface area (Å²) in [6.07, 6.45) is 5.67. The van der Waals surface area contributed by atoms with Crippen molar-refractivity contribution >= 4 is 29.1 Å². The van der Waals surface area contributed by atoms with Crippen LogP contribution in [-0.2, 0) is 20.9 Å². The van der Waals surface area contributed by atoms with Gasteiger partial charge in [-0.2, -0.15) is 0 Å². The standard InChI is InChI=1S/C24H32FN7O3/c1-34-19-5-7-32(8-6-19)24-28-14-18(15-29-24)30-9-11-31(12-10-30)20-4-2-3-17(23(20)25)16-35-22(33)13-21(26)27/h2-4,14-15,19H,5-13,16H2,1H3,(H3,26,27). The highest BCUT2D eigenvalue weighted by molar-refractivity contribution is 5.94. The molecule has 0 spiro atoms. The number of aromatic nitrogens is 2. The number of piperazine rings is 1. The number of ether oxygens (including phenoxy) is 2. The molecular weight excluding hydrogens is 453 g/mol. The Morgan fingerprint density at radius 1 is 1.09 bits per heavy atom. The van der Waals surface area contributed by atoms with Crippen LogP contribution in [0.5, 0.6) is 0 Å². The smallest absolute Gasteiger partial charge is 0.313 e. The van der Waals surface area contributed by atoms with Gasteiger partial charge in [0.25, 0.3) is 0 Å². The predicted octanol–water partition coefficient (Wildman–Crippen LogP) is 1.93. The number of nitrogens with one attached hydrogen (secondary N) is 1. The topological polar surface area (TPSA) is 121 Å². The van der Waals surface area contributed by atoms with E-state index in [9.17, 15) is 4.79 Å². The molecule has 0 saturated carbocycles. The lowest BCUT2D eigenvalue weighted by molar-refractivity contribution is -0.143. The van der Waals surface area contributed by atoms with Crippen molar-refractivity contribution in [2.24, 2.45) is 5.73 Å². The highest BCUT2D eigenvalue weighted by Gasteiger charge is 2.23. The third-order valence-electron chi connectivity index (χ3n) is 6.45. The number of benzene rings is 1. The SMILES string of the molecule is COC1CCN(c2ncc(N3CCN(c4cccc(COC(=O)CC(=N)N)c4F)CC3)cn2)CC1. The van der Waals surface area contributed by atoms with Gasteiger partial charge in [0.1, 0.15) is 18.9 Å². The van der Waals surface area contributed by atoms with E-state index in [1.165, 1.54) is 0 Å². The van der Waals surface area contributed by atoms with E-state index in [1.54, 1.807) is 25.3 Å². The second-order valence-electron chi connectivity index (χ2n) is 8.75. The van der Waals surface area contributed by atoms with Gasteiger partial charge in [0, 0.05) is 51.9 Å². The van der Waals surface area contributed by atoms with Gasteiger partial charge in [0.05, 0.1) is 29.9 Å². The predicted molar refractivity (Wildman–Crippen MR) is 131 cm³/mol. The van der Waals surface area contributed by atoms with Crippen LogP contribution in [0.3, 0.4) is 0 Å². The Morgan fingerprint density at radius 3 is 2.37 bits per heavy atom. The highest BCUT2D eigenvalue weighted by Crippen LogP contribution is 2.26. The van der Waals surface area contributed by atoms with Gasteiger partial charge in [0.2, 0.25) is 5.95 Å². The van der Waals surface area contributed by atoms with Crippen molar-refractivity contribution < 1.29 is 18.7 Å². The average molecular weight is 486 g/mol. The summed E-state index contributed by atoms with van der Waals surface area (Å²) in [4.78, 5) is 27.2. The van der Waals surface area contributed by atoms with E-state index in [1.807, 2.05) is 17.3 Å². The summed E-state index contributed by atoms with van der Waals surface area (Å²) in [5, 5.41) is 7.15. The highest BCUT2D eigenvalue weighted by atomic mass is 19.1. The number of anilines is 3. The second-order valence-corrected chi connectivity index (χ2v) is 8.75. The van der Waals surface area contributed by atoms with Gasteiger partial charge in [-0.3, -0.25) is 10.2 Å². The molecule has 10 nitrogen and oxygen atoms in total. The third kappa shape index (κ3) is 6.16. The molecule has 35 heavy (non-hydrogen) atoms. The van der Waals surface area contributed by atoms with Crippen molar-refractivity contribution in [3.63, 3.8) is 0 Å². The summed E-state index contributed by atoms with van der Waals surface area (Å²) >= 11 is 0. The molecule has 2 aromatic rings. The third-order valence-corrected chi connectivity index (χ3v) is 6.45. The maximum Gasteiger partial charge on any atom is 0.313 e. The largest absolute Gasteiger partial charge is 0.460 e. The fraction of sp³-hybridized carbons (Fsp3) is 0.500. The zero-order valence-electron chi connectivity index (χ0n) is 20.0. The fourth-order valence-electron chi connectivity index (χ4n) is 4.42. The summed E-state index contributed by atoms with van der Waals surface area (Å²) < 4.78 is 25.6. The lowest BCUT2D eigenvalue weighted by Gasteiger charge is -2.37. The molecule has 0 unspecified atom stereocenters. The van der Waals surface area contributed by atoms with Gasteiger partial charge in [-0.25, -0.2) is 14.4 Å². The zero-order valence-corrected chi connectivity index (χ0v) is 20.0. The molecule has 1 aromatic carbocycles. The van der Waals surface area contributed by atoms with Crippen LogP contribution < -0.4 is 20.4 Å². The van der Waals surface area contributed by atoms with Crippen LogP contribution >= 0.6 is 0 Å². The molecule has 2 aliphatic heterocycles. The number of piperidine rings is 1. The van der Waals surface area contributed by atoms with E-state index < -0.39 is 11.8 Å². The van der Waals surface area contributed by atoms with Crippen LogP contribution in [0.1, 0.15) is 24.8 Å². The number of esters is 1. The molecular formula is C24H32FN7O3. The number of nitrogens with zero attached hydrogens (tertiary/aromatic N) is 5. The van der Waals surface area contributed by atoms with E-state index in [4.69, 9.17) is 20.6 Å². The number of nitrogens with two attached hydrogens (primary N) is 1. The molecule has 2 saturated heterocycles. The Morgan fingerprint density at radius 2 is 1.74 bits per heavy atom. The quantitative estimate of drug-likeness (QED) is 0.328. The molecule has 11 heteroatoms. The molecule has 0 radical (unpaired) electrons. The molecule has 4 rings (SSSR count). The Bertz CT molecular complexity index is 1020. The van der Waals surface area contributed by atoms with Gasteiger partial charge < -0.3 is 29.9 Å². The number of hydrogen-bond acceptors (Lipinski definition) is 9. The van der Waals surface area contributed by atoms with E-state index in [2.05, 4.69) is 19.8 Å². The fourth-order valence-corrected chi connectivity index (χ4v) is 4.42. The Hall–Kier alpha value is -3.47. The monoisotopic (exact) mass is 485 g/mol. The van der Waals surface area contributed by atoms with Crippen LogP contribution in [0.4, 0.5) is 21.7 Å². The van der Waals surface area contributed by atoms with Gasteiger partial charge in [-0.05, 0) is 18.9 Å². The Balaban J connectivity index is 1.32. The van der Waals surface area contributed by atoms with Crippen LogP contribution in [0, 0.1) is 11.2 Å². The molecule has 1 aromatic heterocycles. The first kappa shape index (κ1) is 24.6. The van der Waals surface area contributed by atoms with Gasteiger partial charge in [-0.15, -0.1) is 0 Å². The molecule has 2 fully saturated rings. The number of carbonyl (C=O) groups excluding carboxylic acids is 1. The first-order valence-corrected chi connectivity index (χ1v) is 11.8. The van der Waals surface area contributed by atoms with Crippen molar-refractivity contribution in [2.75, 3.05) is 61.1 Å². The average Bonchev–Trinajstić information content (AvgIpc) is 2.88. The van der Waals surface area contributed by atoms with Crippen LogP contribution in [0.25, 0.3) is 0 Å². The summed E-state index contributed by atoms with van der Waals surface area (Å²) in [7, 11) is 1.76. The van der Waals surface area contributed by atoms with Crippen LogP contribution in [0.2, 0.25) is 0 Å². The maximum atomic E-state index is 15.1. The number of amidine groups is 1. The molecule has 3 N–H and O–H groups in total. The van der Waals surface area contributed by atoms with E-state index in [-0.39, 0.29) is 18.9 Å². The number of carbonyl (C=O) groups is 1. The summed E-state index contributed by atoms with van der Waals surface area (Å²) in [6, 6.07) is 5.07. The molecule has 0 amide bonds. The Labute approximate surface area is 204 Å². The van der Waals surface area contributed by atoms with Crippen LogP contribution in [0.15, 0.2) is 30.6 Å². The normalized spacial score (nSPS) is 16.9. The second kappa shape index (κ2) is 11.3. The first-order valence-electron chi connectivity index (χ1n) is 11.8. The van der Waals surface area contributed by atoms with Crippen molar-refractivity contribution in [3.8, 4) is 0 Å². The van der Waals surface area contributed by atoms with Crippen LogP contribution in [-0.4, -0.2) is 74.3 Å². The zero-order chi connectivity index (χ0) is 24.8. The summed E-state index contributed by atoms with van der Waals surface area (Å²) in [6.45, 7) is 4.26. The number of rotatable bonds is 8. The molecule has 3 heterocycles. The van der Waals surface area contributed by atoms with E-state index >= 15 is 4.39 Å². The number of methoxy groups -OCH3 is 1. The molecule has 0 bridgehead atoms. The Kier molecular flexibility index (Phi) is 7.96. The maximum absolute atomic E-state index is 15.1. The summed E-state index contributed by atoms with van der Waals surface area (Å²) in [5.74, 6) is -0.594. The first-order chi connectivity index (χ1) is 16.9. The number of hydrogen-bond donors (Lipinski definition) is 2. The minimum Gasteiger partial charge on any atom is -0.460 e. The number of halogens is 1. The molecule has 2 aliphatic rings. The van der Waals surface area contributed by atoms with Gasteiger partial charge in [-0.1, -0.05) is 12.1 Å². The van der Waals surface area contributed by atoms with Crippen molar-refractivity contribution in [2.45, 2.75) is 32.0 Å².